The largest absolute Gasteiger partial charge is 0.397 e. The van der Waals surface area contributed by atoms with Crippen LogP contribution in [-0.2, 0) is 0 Å². The summed E-state index contributed by atoms with van der Waals surface area (Å²) >= 11 is 1.29. The van der Waals surface area contributed by atoms with Crippen molar-refractivity contribution >= 4 is 33.1 Å². The van der Waals surface area contributed by atoms with E-state index in [1.807, 2.05) is 60.7 Å². The molecule has 0 aliphatic carbocycles. The van der Waals surface area contributed by atoms with Gasteiger partial charge >= 0.3 is 0 Å². The van der Waals surface area contributed by atoms with Crippen LogP contribution in [0.5, 0.6) is 0 Å². The molecule has 1 aromatic carbocycles. The van der Waals surface area contributed by atoms with Crippen molar-refractivity contribution in [2.45, 2.75) is 0 Å². The van der Waals surface area contributed by atoms with Gasteiger partial charge in [-0.2, -0.15) is 0 Å². The molecular weight excluding hydrogens is 368 g/mol. The van der Waals surface area contributed by atoms with Crippen LogP contribution in [0.4, 0.5) is 5.69 Å². The van der Waals surface area contributed by atoms with Crippen LogP contribution in [0.25, 0.3) is 21.5 Å². The van der Waals surface area contributed by atoms with Crippen LogP contribution in [0.15, 0.2) is 85.7 Å². The van der Waals surface area contributed by atoms with Gasteiger partial charge < -0.3 is 11.1 Å². The lowest BCUT2D eigenvalue weighted by Crippen LogP contribution is -2.22. The number of amides is 1. The third kappa shape index (κ3) is 4.61. The predicted octanol–water partition coefficient (Wildman–Crippen LogP) is 4.54. The molecule has 4 aromatic rings. The zero-order valence-corrected chi connectivity index (χ0v) is 16.0. The van der Waals surface area contributed by atoms with Crippen LogP contribution in [0.2, 0.25) is 0 Å². The average Bonchev–Trinajstić information content (AvgIpc) is 3.10. The Morgan fingerprint density at radius 1 is 1.11 bits per heavy atom. The van der Waals surface area contributed by atoms with Gasteiger partial charge in [0.15, 0.2) is 0 Å². The Morgan fingerprint density at radius 3 is 2.43 bits per heavy atom. The molecule has 6 heteroatoms. The molecule has 3 heterocycles. The van der Waals surface area contributed by atoms with E-state index in [4.69, 9.17) is 5.73 Å². The number of rotatable bonds is 4. The molecule has 0 aliphatic heterocycles. The number of carbonyl (C=O) groups excluding carboxylic acids is 1. The van der Waals surface area contributed by atoms with E-state index in [9.17, 15) is 4.79 Å². The van der Waals surface area contributed by atoms with Crippen LogP contribution >= 0.6 is 11.3 Å². The number of pyridine rings is 2. The number of aromatic nitrogens is 2. The zero-order valence-electron chi connectivity index (χ0n) is 15.2. The minimum Gasteiger partial charge on any atom is -0.397 e. The van der Waals surface area contributed by atoms with Gasteiger partial charge in [-0.1, -0.05) is 42.5 Å². The molecule has 1 amide bonds. The second-order valence-corrected chi connectivity index (χ2v) is 6.79. The van der Waals surface area contributed by atoms with Gasteiger partial charge in [0.05, 0.1) is 11.4 Å². The number of fused-ring (bicyclic) bond motifs is 1. The first-order chi connectivity index (χ1) is 13.7. The number of nitrogens with zero attached hydrogens (tertiary/aromatic N) is 2. The van der Waals surface area contributed by atoms with Crippen molar-refractivity contribution in [2.75, 3.05) is 12.3 Å². The minimum absolute atomic E-state index is 0.205. The number of nitrogens with one attached hydrogen (secondary N) is 1. The number of anilines is 1. The normalized spacial score (nSPS) is 10.0. The lowest BCUT2D eigenvalue weighted by atomic mass is 10.1. The smallest absolute Gasteiger partial charge is 0.263 e. The highest BCUT2D eigenvalue weighted by Crippen LogP contribution is 2.33. The van der Waals surface area contributed by atoms with Crippen molar-refractivity contribution in [2.24, 2.45) is 0 Å². The number of benzene rings is 1. The monoisotopic (exact) mass is 388 g/mol. The molecule has 5 nitrogen and oxygen atoms in total. The van der Waals surface area contributed by atoms with Crippen LogP contribution in [0, 0.1) is 0 Å². The molecular formula is C22H20N4OS. The highest BCUT2D eigenvalue weighted by Gasteiger charge is 2.17. The van der Waals surface area contributed by atoms with Gasteiger partial charge in [0, 0.05) is 29.9 Å². The Kier molecular flexibility index (Phi) is 6.49. The Bertz CT molecular complexity index is 1040. The molecule has 0 spiro atoms. The highest BCUT2D eigenvalue weighted by molar-refractivity contribution is 7.21. The number of hydrogen-bond donors (Lipinski definition) is 2. The van der Waals surface area contributed by atoms with Gasteiger partial charge in [-0.05, 0) is 24.3 Å². The van der Waals surface area contributed by atoms with E-state index < -0.39 is 0 Å². The maximum atomic E-state index is 12.1. The molecule has 0 atom stereocenters. The molecule has 0 saturated carbocycles. The van der Waals surface area contributed by atoms with Crippen molar-refractivity contribution in [3.63, 3.8) is 0 Å². The predicted molar refractivity (Wildman–Crippen MR) is 116 cm³/mol. The molecule has 0 saturated heterocycles. The van der Waals surface area contributed by atoms with Crippen molar-refractivity contribution < 1.29 is 4.79 Å². The maximum Gasteiger partial charge on any atom is 0.263 e. The summed E-state index contributed by atoms with van der Waals surface area (Å²) in [4.78, 5) is 22.0. The first-order valence-electron chi connectivity index (χ1n) is 8.69. The summed E-state index contributed by atoms with van der Waals surface area (Å²) in [6, 6.07) is 19.6. The molecule has 3 N–H and O–H groups in total. The number of nitrogens with two attached hydrogens (primary N) is 1. The molecule has 28 heavy (non-hydrogen) atoms. The summed E-state index contributed by atoms with van der Waals surface area (Å²) in [7, 11) is 0. The second kappa shape index (κ2) is 9.43. The van der Waals surface area contributed by atoms with E-state index in [0.717, 1.165) is 21.5 Å². The van der Waals surface area contributed by atoms with E-state index >= 15 is 0 Å². The standard InChI is InChI=1S/C16H14N4OS.C6H6/c1-2-7-19-15(21)14-13(17)11-5-6-12(20-16(11)22-14)10-4-3-8-18-9-10;1-2-4-6-5-3-1/h2-6,8-9H,1,7,17H2,(H,19,21);1-6H. The fourth-order valence-corrected chi connectivity index (χ4v) is 3.48. The van der Waals surface area contributed by atoms with E-state index in [1.165, 1.54) is 11.3 Å². The van der Waals surface area contributed by atoms with E-state index in [-0.39, 0.29) is 5.91 Å². The summed E-state index contributed by atoms with van der Waals surface area (Å²) in [5.74, 6) is -0.205. The van der Waals surface area contributed by atoms with Gasteiger partial charge in [0.1, 0.15) is 9.71 Å². The summed E-state index contributed by atoms with van der Waals surface area (Å²) in [5, 5.41) is 3.53. The van der Waals surface area contributed by atoms with Crippen molar-refractivity contribution in [3.05, 3.63) is 90.6 Å². The van der Waals surface area contributed by atoms with E-state index in [1.54, 1.807) is 18.5 Å². The number of thiophene rings is 1. The Balaban J connectivity index is 0.000000320. The van der Waals surface area contributed by atoms with E-state index in [2.05, 4.69) is 21.9 Å². The molecule has 3 aromatic heterocycles. The second-order valence-electron chi connectivity index (χ2n) is 5.79. The molecule has 0 unspecified atom stereocenters. The first kappa shape index (κ1) is 19.3. The highest BCUT2D eigenvalue weighted by atomic mass is 32.1. The number of hydrogen-bond acceptors (Lipinski definition) is 5. The Hall–Kier alpha value is -3.51. The fraction of sp³-hybridized carbons (Fsp3) is 0.0455. The van der Waals surface area contributed by atoms with Gasteiger partial charge in [-0.25, -0.2) is 4.98 Å². The van der Waals surface area contributed by atoms with Crippen LogP contribution < -0.4 is 11.1 Å². The lowest BCUT2D eigenvalue weighted by Gasteiger charge is -2.00. The summed E-state index contributed by atoms with van der Waals surface area (Å²) < 4.78 is 0. The molecule has 4 rings (SSSR count). The van der Waals surface area contributed by atoms with E-state index in [0.29, 0.717) is 17.1 Å². The summed E-state index contributed by atoms with van der Waals surface area (Å²) in [6.07, 6.45) is 5.09. The average molecular weight is 388 g/mol. The topological polar surface area (TPSA) is 80.9 Å². The molecule has 0 radical (unpaired) electrons. The molecule has 0 aliphatic rings. The molecule has 140 valence electrons. The fourth-order valence-electron chi connectivity index (χ4n) is 2.47. The molecule has 0 fully saturated rings. The third-order valence-corrected chi connectivity index (χ3v) is 4.94. The summed E-state index contributed by atoms with van der Waals surface area (Å²) in [5.41, 5.74) is 8.27. The van der Waals surface area contributed by atoms with Gasteiger partial charge in [0.2, 0.25) is 0 Å². The SMILES string of the molecule is C=CCNC(=O)c1sc2nc(-c3cccnc3)ccc2c1N.c1ccccc1. The minimum atomic E-state index is -0.205. The van der Waals surface area contributed by atoms with Gasteiger partial charge in [0.25, 0.3) is 5.91 Å². The summed E-state index contributed by atoms with van der Waals surface area (Å²) in [6.45, 7) is 3.98. The first-order valence-corrected chi connectivity index (χ1v) is 9.51. The van der Waals surface area contributed by atoms with Crippen molar-refractivity contribution in [3.8, 4) is 11.3 Å². The van der Waals surface area contributed by atoms with Gasteiger partial charge in [-0.3, -0.25) is 9.78 Å². The van der Waals surface area contributed by atoms with Crippen molar-refractivity contribution in [1.29, 1.82) is 0 Å². The van der Waals surface area contributed by atoms with Crippen molar-refractivity contribution in [1.82, 2.24) is 15.3 Å². The zero-order chi connectivity index (χ0) is 19.8. The van der Waals surface area contributed by atoms with Gasteiger partial charge in [-0.15, -0.1) is 17.9 Å². The number of carbonyl (C=O) groups is 1. The number of nitrogen functional groups attached to an aromatic ring is 1. The maximum absolute atomic E-state index is 12.1. The Morgan fingerprint density at radius 2 is 1.82 bits per heavy atom. The quantitative estimate of drug-likeness (QED) is 0.503. The van der Waals surface area contributed by atoms with Crippen LogP contribution in [-0.4, -0.2) is 22.4 Å². The third-order valence-electron chi connectivity index (χ3n) is 3.83. The van der Waals surface area contributed by atoms with Crippen LogP contribution in [0.3, 0.4) is 0 Å². The molecule has 0 bridgehead atoms. The Labute approximate surface area is 167 Å². The van der Waals surface area contributed by atoms with Crippen LogP contribution in [0.1, 0.15) is 9.67 Å². The lowest BCUT2D eigenvalue weighted by molar-refractivity contribution is 0.0963.